The van der Waals surface area contributed by atoms with Gasteiger partial charge in [0.15, 0.2) is 5.69 Å². The van der Waals surface area contributed by atoms with Gasteiger partial charge in [0.05, 0.1) is 5.52 Å². The van der Waals surface area contributed by atoms with Crippen LogP contribution in [0, 0.1) is 13.8 Å². The van der Waals surface area contributed by atoms with Crippen LogP contribution in [-0.2, 0) is 0 Å². The van der Waals surface area contributed by atoms with E-state index in [1.54, 1.807) is 15.5 Å². The van der Waals surface area contributed by atoms with Gasteiger partial charge in [-0.1, -0.05) is 24.3 Å². The number of nitrogens with one attached hydrogen (secondary N) is 1. The Hall–Kier alpha value is -3.15. The third kappa shape index (κ3) is 3.07. The van der Waals surface area contributed by atoms with E-state index < -0.39 is 0 Å². The number of amides is 2. The Kier molecular flexibility index (Phi) is 4.39. The van der Waals surface area contributed by atoms with Crippen LogP contribution in [0.2, 0.25) is 0 Å². The van der Waals surface area contributed by atoms with Crippen molar-refractivity contribution in [2.75, 3.05) is 18.4 Å². The molecular weight excluding hydrogens is 340 g/mol. The molecule has 0 atom stereocenters. The van der Waals surface area contributed by atoms with Crippen molar-refractivity contribution in [1.82, 2.24) is 14.3 Å². The van der Waals surface area contributed by atoms with E-state index in [2.05, 4.69) is 10.3 Å². The summed E-state index contributed by atoms with van der Waals surface area (Å²) in [5, 5.41) is 2.97. The van der Waals surface area contributed by atoms with Gasteiger partial charge in [-0.05, 0) is 49.9 Å². The minimum atomic E-state index is -0.309. The molecule has 6 heteroatoms. The molecule has 3 aromatic rings. The second-order valence-corrected chi connectivity index (χ2v) is 6.96. The summed E-state index contributed by atoms with van der Waals surface area (Å²) in [4.78, 5) is 32.1. The molecule has 0 unspecified atom stereocenters. The zero-order valence-corrected chi connectivity index (χ0v) is 15.5. The second kappa shape index (κ2) is 6.87. The van der Waals surface area contributed by atoms with Gasteiger partial charge in [-0.25, -0.2) is 4.98 Å². The van der Waals surface area contributed by atoms with Crippen LogP contribution in [0.3, 0.4) is 0 Å². The molecule has 0 spiro atoms. The Balaban J connectivity index is 1.73. The van der Waals surface area contributed by atoms with Crippen LogP contribution in [0.5, 0.6) is 0 Å². The van der Waals surface area contributed by atoms with Crippen molar-refractivity contribution >= 4 is 23.0 Å². The number of fused-ring (bicyclic) bond motifs is 1. The van der Waals surface area contributed by atoms with Crippen LogP contribution in [0.25, 0.3) is 5.52 Å². The van der Waals surface area contributed by atoms with Gasteiger partial charge in [0.1, 0.15) is 0 Å². The van der Waals surface area contributed by atoms with Crippen LogP contribution in [0.15, 0.2) is 42.6 Å². The third-order valence-electron chi connectivity index (χ3n) is 5.07. The number of rotatable bonds is 3. The predicted octanol–water partition coefficient (Wildman–Crippen LogP) is 3.44. The number of hydrogen-bond donors (Lipinski definition) is 1. The lowest BCUT2D eigenvalue weighted by Gasteiger charge is -2.13. The SMILES string of the molecule is Cc1cccc(C)c1NC(=O)c1nc(C(=O)N2CCCC2)n2ccccc12. The van der Waals surface area contributed by atoms with Gasteiger partial charge < -0.3 is 10.2 Å². The number of benzene rings is 1. The fourth-order valence-corrected chi connectivity index (χ4v) is 3.60. The molecule has 0 radical (unpaired) electrons. The normalized spacial score (nSPS) is 13.9. The minimum absolute atomic E-state index is 0.125. The van der Waals surface area contributed by atoms with Crippen molar-refractivity contribution in [3.63, 3.8) is 0 Å². The van der Waals surface area contributed by atoms with E-state index in [1.807, 2.05) is 50.2 Å². The van der Waals surface area contributed by atoms with Crippen molar-refractivity contribution in [3.8, 4) is 0 Å². The highest BCUT2D eigenvalue weighted by molar-refractivity contribution is 6.09. The van der Waals surface area contributed by atoms with E-state index >= 15 is 0 Å². The quantitative estimate of drug-likeness (QED) is 0.776. The first kappa shape index (κ1) is 17.3. The number of carbonyl (C=O) groups is 2. The van der Waals surface area contributed by atoms with Gasteiger partial charge in [0, 0.05) is 25.0 Å². The Bertz CT molecular complexity index is 1010. The van der Waals surface area contributed by atoms with E-state index in [-0.39, 0.29) is 17.5 Å². The molecule has 1 aromatic carbocycles. The highest BCUT2D eigenvalue weighted by atomic mass is 16.2. The first-order valence-electron chi connectivity index (χ1n) is 9.20. The van der Waals surface area contributed by atoms with Crippen LogP contribution in [-0.4, -0.2) is 39.2 Å². The lowest BCUT2D eigenvalue weighted by atomic mass is 10.1. The predicted molar refractivity (Wildman–Crippen MR) is 104 cm³/mol. The molecule has 1 aliphatic heterocycles. The fraction of sp³-hybridized carbons (Fsp3) is 0.286. The van der Waals surface area contributed by atoms with Gasteiger partial charge >= 0.3 is 0 Å². The standard InChI is InChI=1S/C21H22N4O2/c1-14-8-7-9-15(2)17(14)23-20(26)18-16-10-3-4-13-25(16)19(22-18)21(27)24-11-5-6-12-24/h3-4,7-10,13H,5-6,11-12H2,1-2H3,(H,23,26). The molecule has 1 fully saturated rings. The molecule has 2 aromatic heterocycles. The van der Waals surface area contributed by atoms with Gasteiger partial charge in [-0.2, -0.15) is 0 Å². The first-order valence-corrected chi connectivity index (χ1v) is 9.20. The van der Waals surface area contributed by atoms with E-state index in [4.69, 9.17) is 0 Å². The molecule has 0 aliphatic carbocycles. The lowest BCUT2D eigenvalue weighted by Crippen LogP contribution is -2.29. The molecule has 4 rings (SSSR count). The van der Waals surface area contributed by atoms with E-state index in [1.165, 1.54) is 0 Å². The minimum Gasteiger partial charge on any atom is -0.336 e. The van der Waals surface area contributed by atoms with Crippen molar-refractivity contribution in [2.24, 2.45) is 0 Å². The largest absolute Gasteiger partial charge is 0.336 e. The average Bonchev–Trinajstić information content (AvgIpc) is 3.32. The summed E-state index contributed by atoms with van der Waals surface area (Å²) in [5.74, 6) is -0.143. The van der Waals surface area contributed by atoms with Crippen molar-refractivity contribution in [1.29, 1.82) is 0 Å². The Morgan fingerprint density at radius 2 is 1.70 bits per heavy atom. The maximum atomic E-state index is 13.0. The van der Waals surface area contributed by atoms with Crippen LogP contribution in [0.4, 0.5) is 5.69 Å². The third-order valence-corrected chi connectivity index (χ3v) is 5.07. The van der Waals surface area contributed by atoms with Crippen LogP contribution in [0.1, 0.15) is 45.1 Å². The number of likely N-dealkylation sites (tertiary alicyclic amines) is 1. The Morgan fingerprint density at radius 1 is 1.00 bits per heavy atom. The number of hydrogen-bond acceptors (Lipinski definition) is 3. The molecule has 1 saturated heterocycles. The molecular formula is C21H22N4O2. The zero-order chi connectivity index (χ0) is 19.0. The topological polar surface area (TPSA) is 66.7 Å². The summed E-state index contributed by atoms with van der Waals surface area (Å²) in [7, 11) is 0. The monoisotopic (exact) mass is 362 g/mol. The number of aryl methyl sites for hydroxylation is 2. The molecule has 2 amide bonds. The summed E-state index contributed by atoms with van der Waals surface area (Å²) >= 11 is 0. The molecule has 1 N–H and O–H groups in total. The van der Waals surface area contributed by atoms with Crippen molar-refractivity contribution < 1.29 is 9.59 Å². The maximum absolute atomic E-state index is 13.0. The molecule has 0 saturated carbocycles. The first-order chi connectivity index (χ1) is 13.1. The summed E-state index contributed by atoms with van der Waals surface area (Å²) < 4.78 is 1.71. The van der Waals surface area contributed by atoms with Gasteiger partial charge in [-0.3, -0.25) is 14.0 Å². The van der Waals surface area contributed by atoms with E-state index in [0.29, 0.717) is 11.3 Å². The second-order valence-electron chi connectivity index (χ2n) is 6.96. The fourth-order valence-electron chi connectivity index (χ4n) is 3.60. The van der Waals surface area contributed by atoms with Gasteiger partial charge in [0.25, 0.3) is 11.8 Å². The average molecular weight is 362 g/mol. The number of anilines is 1. The summed E-state index contributed by atoms with van der Waals surface area (Å²) in [5.41, 5.74) is 3.65. The molecule has 0 bridgehead atoms. The number of pyridine rings is 1. The zero-order valence-electron chi connectivity index (χ0n) is 15.5. The Morgan fingerprint density at radius 3 is 2.41 bits per heavy atom. The maximum Gasteiger partial charge on any atom is 0.290 e. The number of aromatic nitrogens is 2. The molecule has 1 aliphatic rings. The van der Waals surface area contributed by atoms with Crippen LogP contribution < -0.4 is 5.32 Å². The molecule has 138 valence electrons. The summed E-state index contributed by atoms with van der Waals surface area (Å²) in [6.07, 6.45) is 3.80. The molecule has 27 heavy (non-hydrogen) atoms. The number of nitrogens with zero attached hydrogens (tertiary/aromatic N) is 3. The number of carbonyl (C=O) groups excluding carboxylic acids is 2. The summed E-state index contributed by atoms with van der Waals surface area (Å²) in [6, 6.07) is 11.4. The van der Waals surface area contributed by atoms with Gasteiger partial charge in [0.2, 0.25) is 5.82 Å². The van der Waals surface area contributed by atoms with Crippen molar-refractivity contribution in [3.05, 3.63) is 65.2 Å². The van der Waals surface area contributed by atoms with E-state index in [0.717, 1.165) is 42.7 Å². The van der Waals surface area contributed by atoms with Crippen molar-refractivity contribution in [2.45, 2.75) is 26.7 Å². The molecule has 3 heterocycles. The Labute approximate surface area is 157 Å². The highest BCUT2D eigenvalue weighted by Gasteiger charge is 2.27. The van der Waals surface area contributed by atoms with E-state index in [9.17, 15) is 9.59 Å². The number of imidazole rings is 1. The van der Waals surface area contributed by atoms with Crippen LogP contribution >= 0.6 is 0 Å². The molecule has 6 nitrogen and oxygen atoms in total. The lowest BCUT2D eigenvalue weighted by molar-refractivity contribution is 0.0780. The summed E-state index contributed by atoms with van der Waals surface area (Å²) in [6.45, 7) is 5.39. The smallest absolute Gasteiger partial charge is 0.290 e. The van der Waals surface area contributed by atoms with Gasteiger partial charge in [-0.15, -0.1) is 0 Å². The highest BCUT2D eigenvalue weighted by Crippen LogP contribution is 2.22. The number of para-hydroxylation sites is 1.